The Hall–Kier alpha value is -2.57. The highest BCUT2D eigenvalue weighted by Gasteiger charge is 2.19. The molecule has 0 unspecified atom stereocenters. The minimum atomic E-state index is -0.0989. The van der Waals surface area contributed by atoms with Crippen LogP contribution in [-0.2, 0) is 4.79 Å². The summed E-state index contributed by atoms with van der Waals surface area (Å²) in [5.41, 5.74) is 3.65. The molecule has 0 bridgehead atoms. The number of thiazole rings is 1. The summed E-state index contributed by atoms with van der Waals surface area (Å²) >= 11 is 2.79. The first-order chi connectivity index (χ1) is 12.5. The van der Waals surface area contributed by atoms with E-state index >= 15 is 0 Å². The van der Waals surface area contributed by atoms with E-state index in [0.29, 0.717) is 15.7 Å². The lowest BCUT2D eigenvalue weighted by Crippen LogP contribution is -2.23. The number of anilines is 2. The fraction of sp³-hybridized carbons (Fsp3) is 0.150. The zero-order chi connectivity index (χ0) is 18.7. The Bertz CT molecular complexity index is 972. The number of carbonyl (C=O) groups is 2. The van der Waals surface area contributed by atoms with Gasteiger partial charge >= 0.3 is 0 Å². The molecule has 0 aliphatic carbocycles. The third-order valence-corrected chi connectivity index (χ3v) is 5.73. The van der Waals surface area contributed by atoms with Crippen molar-refractivity contribution < 1.29 is 9.59 Å². The molecular formula is C20H18N2O2S2. The van der Waals surface area contributed by atoms with Crippen LogP contribution in [0.5, 0.6) is 0 Å². The number of carbonyl (C=O) groups excluding carboxylic acids is 2. The molecule has 4 nitrogen and oxygen atoms in total. The number of hydrogen-bond donors (Lipinski definition) is 0. The van der Waals surface area contributed by atoms with Gasteiger partial charge in [-0.1, -0.05) is 18.2 Å². The number of aryl methyl sites for hydroxylation is 1. The summed E-state index contributed by atoms with van der Waals surface area (Å²) in [6.45, 7) is 5.54. The van der Waals surface area contributed by atoms with Gasteiger partial charge in [-0.2, -0.15) is 0 Å². The van der Waals surface area contributed by atoms with Crippen molar-refractivity contribution in [3.05, 3.63) is 68.9 Å². The second kappa shape index (κ2) is 7.76. The topological polar surface area (TPSA) is 50.3 Å². The van der Waals surface area contributed by atoms with E-state index in [9.17, 15) is 9.59 Å². The average molecular weight is 383 g/mol. The van der Waals surface area contributed by atoms with Crippen molar-refractivity contribution in [2.24, 2.45) is 0 Å². The monoisotopic (exact) mass is 382 g/mol. The van der Waals surface area contributed by atoms with E-state index < -0.39 is 0 Å². The van der Waals surface area contributed by atoms with E-state index in [1.807, 2.05) is 48.9 Å². The lowest BCUT2D eigenvalue weighted by atomic mass is 10.1. The molecule has 2 heterocycles. The minimum Gasteiger partial charge on any atom is -0.288 e. The molecule has 0 aliphatic heterocycles. The van der Waals surface area contributed by atoms with Crippen LogP contribution in [0.4, 0.5) is 10.8 Å². The molecule has 0 saturated carbocycles. The van der Waals surface area contributed by atoms with Crippen LogP contribution in [0.1, 0.15) is 33.4 Å². The summed E-state index contributed by atoms with van der Waals surface area (Å²) in [5, 5.41) is 4.31. The van der Waals surface area contributed by atoms with Gasteiger partial charge in [0, 0.05) is 12.3 Å². The summed E-state index contributed by atoms with van der Waals surface area (Å²) in [7, 11) is 0. The second-order valence-electron chi connectivity index (χ2n) is 5.80. The standard InChI is InChI=1S/C20H18N2O2S2/c1-13-6-4-7-17(14(13)2)22(15(3)23)20-21-16(12-26-20)9-10-18(24)19-8-5-11-25-19/h4-12H,1-3H3/b10-9+. The van der Waals surface area contributed by atoms with E-state index in [1.54, 1.807) is 17.0 Å². The summed E-state index contributed by atoms with van der Waals surface area (Å²) in [5.74, 6) is -0.147. The Kier molecular flexibility index (Phi) is 5.44. The average Bonchev–Trinajstić information content (AvgIpc) is 3.28. The highest BCUT2D eigenvalue weighted by molar-refractivity contribution is 7.14. The number of aromatic nitrogens is 1. The normalized spacial score (nSPS) is 11.0. The molecule has 6 heteroatoms. The number of hydrogen-bond acceptors (Lipinski definition) is 5. The first-order valence-electron chi connectivity index (χ1n) is 8.05. The molecule has 3 rings (SSSR count). The molecule has 0 fully saturated rings. The molecule has 0 N–H and O–H groups in total. The van der Waals surface area contributed by atoms with Crippen LogP contribution in [0.3, 0.4) is 0 Å². The van der Waals surface area contributed by atoms with Gasteiger partial charge in [0.1, 0.15) is 0 Å². The minimum absolute atomic E-state index is 0.0486. The molecule has 3 aromatic rings. The Morgan fingerprint density at radius 2 is 1.92 bits per heavy atom. The zero-order valence-electron chi connectivity index (χ0n) is 14.7. The second-order valence-corrected chi connectivity index (χ2v) is 7.59. The van der Waals surface area contributed by atoms with Crippen molar-refractivity contribution in [2.45, 2.75) is 20.8 Å². The van der Waals surface area contributed by atoms with Crippen molar-refractivity contribution in [3.8, 4) is 0 Å². The highest BCUT2D eigenvalue weighted by Crippen LogP contribution is 2.32. The highest BCUT2D eigenvalue weighted by atomic mass is 32.1. The Morgan fingerprint density at radius 1 is 1.12 bits per heavy atom. The maximum atomic E-state index is 12.3. The predicted octanol–water partition coefficient (Wildman–Crippen LogP) is 5.40. The number of rotatable bonds is 5. The van der Waals surface area contributed by atoms with Gasteiger partial charge in [0.15, 0.2) is 10.9 Å². The summed E-state index contributed by atoms with van der Waals surface area (Å²) in [4.78, 5) is 31.2. The molecule has 1 aromatic carbocycles. The molecule has 0 spiro atoms. The lowest BCUT2D eigenvalue weighted by Gasteiger charge is -2.21. The van der Waals surface area contributed by atoms with Crippen LogP contribution in [0, 0.1) is 13.8 Å². The number of amides is 1. The SMILES string of the molecule is CC(=O)N(c1nc(/C=C/C(=O)c2cccs2)cs1)c1cccc(C)c1C. The summed E-state index contributed by atoms with van der Waals surface area (Å²) in [6.07, 6.45) is 3.20. The van der Waals surface area contributed by atoms with E-state index in [0.717, 1.165) is 16.8 Å². The van der Waals surface area contributed by atoms with E-state index in [1.165, 1.54) is 35.7 Å². The third-order valence-electron chi connectivity index (χ3n) is 4.00. The maximum Gasteiger partial charge on any atom is 0.230 e. The van der Waals surface area contributed by atoms with Crippen LogP contribution in [-0.4, -0.2) is 16.7 Å². The van der Waals surface area contributed by atoms with Crippen molar-refractivity contribution in [3.63, 3.8) is 0 Å². The number of nitrogens with zero attached hydrogens (tertiary/aromatic N) is 2. The molecule has 0 radical (unpaired) electrons. The zero-order valence-corrected chi connectivity index (χ0v) is 16.4. The van der Waals surface area contributed by atoms with Gasteiger partial charge in [0.2, 0.25) is 5.91 Å². The van der Waals surface area contributed by atoms with Crippen molar-refractivity contribution in [2.75, 3.05) is 4.90 Å². The molecule has 0 atom stereocenters. The van der Waals surface area contributed by atoms with E-state index in [4.69, 9.17) is 0 Å². The third kappa shape index (κ3) is 3.81. The first kappa shape index (κ1) is 18.2. The molecular weight excluding hydrogens is 364 g/mol. The van der Waals surface area contributed by atoms with Gasteiger partial charge in [-0.15, -0.1) is 22.7 Å². The van der Waals surface area contributed by atoms with Gasteiger partial charge in [-0.05, 0) is 54.6 Å². The molecule has 0 aliphatic rings. The number of allylic oxidation sites excluding steroid dienone is 1. The molecule has 1 amide bonds. The summed E-state index contributed by atoms with van der Waals surface area (Å²) < 4.78 is 0. The van der Waals surface area contributed by atoms with Crippen LogP contribution in [0.15, 0.2) is 47.2 Å². The Morgan fingerprint density at radius 3 is 2.62 bits per heavy atom. The largest absolute Gasteiger partial charge is 0.288 e. The Balaban J connectivity index is 1.88. The summed E-state index contributed by atoms with van der Waals surface area (Å²) in [6, 6.07) is 9.51. The van der Waals surface area contributed by atoms with Crippen molar-refractivity contribution in [1.29, 1.82) is 0 Å². The first-order valence-corrected chi connectivity index (χ1v) is 9.81. The van der Waals surface area contributed by atoms with E-state index in [2.05, 4.69) is 4.98 Å². The fourth-order valence-corrected chi connectivity index (χ4v) is 4.00. The smallest absolute Gasteiger partial charge is 0.230 e. The number of benzene rings is 1. The van der Waals surface area contributed by atoms with Gasteiger partial charge in [-0.3, -0.25) is 14.5 Å². The predicted molar refractivity (Wildman–Crippen MR) is 109 cm³/mol. The quantitative estimate of drug-likeness (QED) is 0.438. The van der Waals surface area contributed by atoms with Crippen molar-refractivity contribution >= 4 is 51.3 Å². The Labute approximate surface area is 160 Å². The van der Waals surface area contributed by atoms with Crippen LogP contribution >= 0.6 is 22.7 Å². The molecule has 132 valence electrons. The van der Waals surface area contributed by atoms with Gasteiger partial charge in [-0.25, -0.2) is 4.98 Å². The van der Waals surface area contributed by atoms with Crippen LogP contribution in [0.2, 0.25) is 0 Å². The molecule has 2 aromatic heterocycles. The maximum absolute atomic E-state index is 12.3. The lowest BCUT2D eigenvalue weighted by molar-refractivity contribution is -0.115. The fourth-order valence-electron chi connectivity index (χ4n) is 2.50. The number of thiophene rings is 1. The van der Waals surface area contributed by atoms with Gasteiger partial charge in [0.25, 0.3) is 0 Å². The van der Waals surface area contributed by atoms with Gasteiger partial charge in [0.05, 0.1) is 16.3 Å². The van der Waals surface area contributed by atoms with E-state index in [-0.39, 0.29) is 11.7 Å². The molecule has 26 heavy (non-hydrogen) atoms. The van der Waals surface area contributed by atoms with Gasteiger partial charge < -0.3 is 0 Å². The molecule has 0 saturated heterocycles. The van der Waals surface area contributed by atoms with Crippen molar-refractivity contribution in [1.82, 2.24) is 4.98 Å². The van der Waals surface area contributed by atoms with Crippen LogP contribution in [0.25, 0.3) is 6.08 Å². The van der Waals surface area contributed by atoms with Crippen LogP contribution < -0.4 is 4.90 Å². The number of ketones is 1.